The molecule has 0 saturated heterocycles. The Balaban J connectivity index is 3.14. The first-order valence-electron chi connectivity index (χ1n) is 4.40. The number of sulfonamides is 1. The predicted octanol–water partition coefficient (Wildman–Crippen LogP) is 0.708. The molecule has 0 heterocycles. The van der Waals surface area contributed by atoms with Crippen molar-refractivity contribution in [3.8, 4) is 12.3 Å². The molecule has 0 radical (unpaired) electrons. The van der Waals surface area contributed by atoms with Crippen LogP contribution < -0.4 is 10.5 Å². The minimum absolute atomic E-state index is 0.154. The molecule has 3 N–H and O–H groups in total. The van der Waals surface area contributed by atoms with E-state index in [0.29, 0.717) is 0 Å². The Morgan fingerprint density at radius 1 is 1.56 bits per heavy atom. The molecule has 1 aromatic rings. The molecule has 1 aromatic carbocycles. The highest BCUT2D eigenvalue weighted by Crippen LogP contribution is 2.17. The van der Waals surface area contributed by atoms with Crippen LogP contribution in [0.5, 0.6) is 0 Å². The van der Waals surface area contributed by atoms with E-state index in [1.165, 1.54) is 13.0 Å². The molecule has 1 rings (SSSR count). The van der Waals surface area contributed by atoms with Crippen LogP contribution in [0.4, 0.5) is 10.1 Å². The second-order valence-electron chi connectivity index (χ2n) is 3.20. The molecule has 86 valence electrons. The number of benzene rings is 1. The first kappa shape index (κ1) is 12.5. The van der Waals surface area contributed by atoms with Crippen LogP contribution in [0.3, 0.4) is 0 Å². The van der Waals surface area contributed by atoms with Crippen LogP contribution >= 0.6 is 0 Å². The van der Waals surface area contributed by atoms with Gasteiger partial charge in [0.2, 0.25) is 10.0 Å². The van der Waals surface area contributed by atoms with Crippen molar-refractivity contribution in [3.05, 3.63) is 24.0 Å². The summed E-state index contributed by atoms with van der Waals surface area (Å²) in [5.41, 5.74) is 5.46. The Kier molecular flexibility index (Phi) is 3.52. The smallest absolute Gasteiger partial charge is 0.244 e. The third-order valence-corrected chi connectivity index (χ3v) is 3.40. The second kappa shape index (κ2) is 4.51. The lowest BCUT2D eigenvalue weighted by Gasteiger charge is -2.09. The van der Waals surface area contributed by atoms with Crippen LogP contribution in [0.1, 0.15) is 6.92 Å². The van der Waals surface area contributed by atoms with Gasteiger partial charge in [0.1, 0.15) is 10.7 Å². The molecular weight excluding hydrogens is 231 g/mol. The molecule has 1 atom stereocenters. The zero-order chi connectivity index (χ0) is 12.3. The molecule has 0 aliphatic rings. The molecule has 16 heavy (non-hydrogen) atoms. The molecule has 0 aromatic heterocycles. The Bertz CT molecular complexity index is 534. The topological polar surface area (TPSA) is 72.2 Å². The number of nitrogen functional groups attached to an aromatic ring is 1. The normalized spacial score (nSPS) is 13.1. The standard InChI is InChI=1S/C10H11FN2O2S/c1-3-7(2)13-16(14,15)10-5-4-8(12)6-9(10)11/h1,4-7,13H,12H2,2H3. The summed E-state index contributed by atoms with van der Waals surface area (Å²) < 4.78 is 38.8. The van der Waals surface area contributed by atoms with E-state index in [2.05, 4.69) is 10.6 Å². The third kappa shape index (κ3) is 2.72. The molecule has 1 unspecified atom stereocenters. The van der Waals surface area contributed by atoms with E-state index in [-0.39, 0.29) is 5.69 Å². The number of hydrogen-bond acceptors (Lipinski definition) is 3. The van der Waals surface area contributed by atoms with Crippen molar-refractivity contribution < 1.29 is 12.8 Å². The number of nitrogens with two attached hydrogens (primary N) is 1. The van der Waals surface area contributed by atoms with Gasteiger partial charge in [-0.15, -0.1) is 6.42 Å². The number of anilines is 1. The second-order valence-corrected chi connectivity index (χ2v) is 4.88. The Hall–Kier alpha value is -1.58. The van der Waals surface area contributed by atoms with Gasteiger partial charge in [-0.05, 0) is 25.1 Å². The first-order chi connectivity index (χ1) is 7.36. The predicted molar refractivity (Wildman–Crippen MR) is 59.4 cm³/mol. The molecule has 0 fully saturated rings. The van der Waals surface area contributed by atoms with Gasteiger partial charge in [0.25, 0.3) is 0 Å². The van der Waals surface area contributed by atoms with Crippen molar-refractivity contribution in [3.63, 3.8) is 0 Å². The minimum atomic E-state index is -3.94. The summed E-state index contributed by atoms with van der Waals surface area (Å²) in [5, 5.41) is 0. The van der Waals surface area contributed by atoms with Gasteiger partial charge in [-0.2, -0.15) is 4.72 Å². The summed E-state index contributed by atoms with van der Waals surface area (Å²) in [4.78, 5) is -0.469. The molecule has 0 aliphatic carbocycles. The van der Waals surface area contributed by atoms with Gasteiger partial charge in [0.05, 0.1) is 6.04 Å². The zero-order valence-electron chi connectivity index (χ0n) is 8.57. The molecule has 6 heteroatoms. The highest BCUT2D eigenvalue weighted by Gasteiger charge is 2.20. The van der Waals surface area contributed by atoms with Gasteiger partial charge in [-0.3, -0.25) is 0 Å². The van der Waals surface area contributed by atoms with Crippen molar-refractivity contribution in [2.45, 2.75) is 17.9 Å². The Morgan fingerprint density at radius 2 is 2.19 bits per heavy atom. The molecule has 0 bridgehead atoms. The van der Waals surface area contributed by atoms with E-state index in [4.69, 9.17) is 12.2 Å². The fraction of sp³-hybridized carbons (Fsp3) is 0.200. The van der Waals surface area contributed by atoms with E-state index in [0.717, 1.165) is 12.1 Å². The average Bonchev–Trinajstić information content (AvgIpc) is 2.16. The van der Waals surface area contributed by atoms with Gasteiger partial charge in [-0.25, -0.2) is 12.8 Å². The maximum Gasteiger partial charge on any atom is 0.244 e. The molecule has 0 aliphatic heterocycles. The van der Waals surface area contributed by atoms with Crippen molar-refractivity contribution in [2.75, 3.05) is 5.73 Å². The fourth-order valence-corrected chi connectivity index (χ4v) is 2.29. The zero-order valence-corrected chi connectivity index (χ0v) is 9.38. The van der Waals surface area contributed by atoms with Crippen molar-refractivity contribution in [1.29, 1.82) is 0 Å². The van der Waals surface area contributed by atoms with Crippen LogP contribution in [0.2, 0.25) is 0 Å². The Labute approximate surface area is 93.7 Å². The number of halogens is 1. The SMILES string of the molecule is C#CC(C)NS(=O)(=O)c1ccc(N)cc1F. The summed E-state index contributed by atoms with van der Waals surface area (Å²) >= 11 is 0. The van der Waals surface area contributed by atoms with Crippen LogP contribution in [-0.2, 0) is 10.0 Å². The van der Waals surface area contributed by atoms with Gasteiger partial charge in [0, 0.05) is 5.69 Å². The van der Waals surface area contributed by atoms with E-state index in [1.807, 2.05) is 0 Å². The molecule has 0 saturated carbocycles. The van der Waals surface area contributed by atoms with E-state index in [1.54, 1.807) is 0 Å². The van der Waals surface area contributed by atoms with Gasteiger partial charge < -0.3 is 5.73 Å². The van der Waals surface area contributed by atoms with Gasteiger partial charge in [0.15, 0.2) is 0 Å². The monoisotopic (exact) mass is 242 g/mol. The minimum Gasteiger partial charge on any atom is -0.399 e. The van der Waals surface area contributed by atoms with Crippen LogP contribution in [0.25, 0.3) is 0 Å². The summed E-state index contributed by atoms with van der Waals surface area (Å²) in [6.45, 7) is 1.48. The number of terminal acetylenes is 1. The molecular formula is C10H11FN2O2S. The summed E-state index contributed by atoms with van der Waals surface area (Å²) in [6, 6.07) is 2.63. The quantitative estimate of drug-likeness (QED) is 0.605. The lowest BCUT2D eigenvalue weighted by atomic mass is 10.3. The third-order valence-electron chi connectivity index (χ3n) is 1.83. The van der Waals surface area contributed by atoms with E-state index >= 15 is 0 Å². The largest absolute Gasteiger partial charge is 0.399 e. The van der Waals surface area contributed by atoms with Gasteiger partial charge in [-0.1, -0.05) is 5.92 Å². The van der Waals surface area contributed by atoms with Crippen molar-refractivity contribution in [2.24, 2.45) is 0 Å². The van der Waals surface area contributed by atoms with E-state index in [9.17, 15) is 12.8 Å². The van der Waals surface area contributed by atoms with Crippen LogP contribution in [0.15, 0.2) is 23.1 Å². The lowest BCUT2D eigenvalue weighted by Crippen LogP contribution is -2.32. The average molecular weight is 242 g/mol. The summed E-state index contributed by atoms with van der Waals surface area (Å²) in [7, 11) is -3.94. The molecule has 0 spiro atoms. The van der Waals surface area contributed by atoms with Gasteiger partial charge >= 0.3 is 0 Å². The first-order valence-corrected chi connectivity index (χ1v) is 5.88. The Morgan fingerprint density at radius 3 is 2.69 bits per heavy atom. The number of nitrogens with one attached hydrogen (secondary N) is 1. The summed E-state index contributed by atoms with van der Waals surface area (Å²) in [6.07, 6.45) is 5.03. The van der Waals surface area contributed by atoms with Crippen molar-refractivity contribution >= 4 is 15.7 Å². The highest BCUT2D eigenvalue weighted by atomic mass is 32.2. The van der Waals surface area contributed by atoms with E-state index < -0.39 is 26.8 Å². The van der Waals surface area contributed by atoms with Crippen LogP contribution in [-0.4, -0.2) is 14.5 Å². The van der Waals surface area contributed by atoms with Crippen molar-refractivity contribution in [1.82, 2.24) is 4.72 Å². The summed E-state index contributed by atoms with van der Waals surface area (Å²) in [5.74, 6) is 1.28. The molecule has 0 amide bonds. The maximum absolute atomic E-state index is 13.3. The fourth-order valence-electron chi connectivity index (χ4n) is 1.07. The number of hydrogen-bond donors (Lipinski definition) is 2. The highest BCUT2D eigenvalue weighted by molar-refractivity contribution is 7.89. The van der Waals surface area contributed by atoms with Crippen LogP contribution in [0, 0.1) is 18.2 Å². The maximum atomic E-state index is 13.3. The lowest BCUT2D eigenvalue weighted by molar-refractivity contribution is 0.554. The number of rotatable bonds is 3. The molecule has 4 nitrogen and oxygen atoms in total.